The molecule has 0 saturated carbocycles. The van der Waals surface area contributed by atoms with Crippen molar-refractivity contribution in [2.45, 2.75) is 18.9 Å². The second-order valence-corrected chi connectivity index (χ2v) is 6.74. The van der Waals surface area contributed by atoms with Gasteiger partial charge >= 0.3 is 0 Å². The molecule has 1 unspecified atom stereocenters. The molecule has 0 spiro atoms. The van der Waals surface area contributed by atoms with Gasteiger partial charge < -0.3 is 9.73 Å². The summed E-state index contributed by atoms with van der Waals surface area (Å²) in [5.74, 6) is 0.888. The Morgan fingerprint density at radius 3 is 2.77 bits per heavy atom. The van der Waals surface area contributed by atoms with Crippen LogP contribution in [0.3, 0.4) is 0 Å². The van der Waals surface area contributed by atoms with Crippen LogP contribution in [0.5, 0.6) is 0 Å². The molecule has 22 heavy (non-hydrogen) atoms. The molecular weight excluding hydrogens is 391 g/mol. The van der Waals surface area contributed by atoms with E-state index in [4.69, 9.17) is 4.42 Å². The van der Waals surface area contributed by atoms with Crippen molar-refractivity contribution in [1.82, 2.24) is 10.2 Å². The Hall–Kier alpha value is -1.34. The maximum Gasteiger partial charge on any atom is 0.251 e. The Kier molecular flexibility index (Phi) is 5.15. The third kappa shape index (κ3) is 3.70. The topological polar surface area (TPSA) is 45.5 Å². The van der Waals surface area contributed by atoms with E-state index in [9.17, 15) is 4.79 Å². The molecule has 1 aliphatic rings. The summed E-state index contributed by atoms with van der Waals surface area (Å²) in [5.41, 5.74) is 0.700. The fourth-order valence-corrected chi connectivity index (χ4v) is 3.41. The highest BCUT2D eigenvalue weighted by Crippen LogP contribution is 2.25. The lowest BCUT2D eigenvalue weighted by Crippen LogP contribution is -2.36. The predicted molar refractivity (Wildman–Crippen MR) is 93.7 cm³/mol. The first-order chi connectivity index (χ1) is 10.7. The van der Waals surface area contributed by atoms with Gasteiger partial charge in [0, 0.05) is 15.7 Å². The van der Waals surface area contributed by atoms with Crippen molar-refractivity contribution in [3.8, 4) is 0 Å². The molecule has 1 atom stereocenters. The van der Waals surface area contributed by atoms with Gasteiger partial charge in [0.05, 0.1) is 12.3 Å². The SMILES string of the molecule is O=C(NCC(c1ccco1)N1CCCC1)c1cccc(I)c1. The Labute approximate surface area is 144 Å². The number of hydrogen-bond donors (Lipinski definition) is 1. The van der Waals surface area contributed by atoms with E-state index in [1.807, 2.05) is 36.4 Å². The zero-order chi connectivity index (χ0) is 15.4. The van der Waals surface area contributed by atoms with Crippen molar-refractivity contribution >= 4 is 28.5 Å². The third-order valence-electron chi connectivity index (χ3n) is 4.00. The van der Waals surface area contributed by atoms with Gasteiger partial charge in [-0.3, -0.25) is 9.69 Å². The van der Waals surface area contributed by atoms with Crippen LogP contribution in [0.2, 0.25) is 0 Å². The molecule has 1 aromatic carbocycles. The van der Waals surface area contributed by atoms with Crippen LogP contribution < -0.4 is 5.32 Å². The minimum absolute atomic E-state index is 0.0331. The smallest absolute Gasteiger partial charge is 0.251 e. The molecule has 1 aromatic heterocycles. The molecule has 0 aliphatic carbocycles. The number of carbonyl (C=O) groups is 1. The van der Waals surface area contributed by atoms with E-state index in [1.54, 1.807) is 6.26 Å². The van der Waals surface area contributed by atoms with Crippen LogP contribution in [0, 0.1) is 3.57 Å². The largest absolute Gasteiger partial charge is 0.468 e. The van der Waals surface area contributed by atoms with Gasteiger partial charge in [-0.2, -0.15) is 0 Å². The van der Waals surface area contributed by atoms with Crippen LogP contribution in [0.15, 0.2) is 47.1 Å². The molecule has 3 rings (SSSR count). The van der Waals surface area contributed by atoms with E-state index in [1.165, 1.54) is 12.8 Å². The van der Waals surface area contributed by atoms with Crippen LogP contribution in [0.1, 0.15) is 35.0 Å². The maximum absolute atomic E-state index is 12.3. The number of rotatable bonds is 5. The van der Waals surface area contributed by atoms with Crippen LogP contribution in [0.25, 0.3) is 0 Å². The molecule has 4 nitrogen and oxygen atoms in total. The summed E-state index contributed by atoms with van der Waals surface area (Å²) in [6, 6.07) is 11.6. The molecule has 5 heteroatoms. The van der Waals surface area contributed by atoms with Crippen molar-refractivity contribution in [3.05, 3.63) is 57.6 Å². The molecular formula is C17H19IN2O2. The quantitative estimate of drug-likeness (QED) is 0.769. The number of benzene rings is 1. The summed E-state index contributed by atoms with van der Waals surface area (Å²) < 4.78 is 6.63. The average Bonchev–Trinajstić information content (AvgIpc) is 3.21. The first kappa shape index (κ1) is 15.6. The lowest BCUT2D eigenvalue weighted by Gasteiger charge is -2.26. The van der Waals surface area contributed by atoms with Gasteiger partial charge in [-0.05, 0) is 78.9 Å². The van der Waals surface area contributed by atoms with Gasteiger partial charge in [0.25, 0.3) is 5.91 Å². The Balaban J connectivity index is 1.67. The van der Waals surface area contributed by atoms with E-state index < -0.39 is 0 Å². The third-order valence-corrected chi connectivity index (χ3v) is 4.67. The number of nitrogens with zero attached hydrogens (tertiary/aromatic N) is 1. The number of furan rings is 1. The van der Waals surface area contributed by atoms with Gasteiger partial charge in [0.2, 0.25) is 0 Å². The van der Waals surface area contributed by atoms with Crippen molar-refractivity contribution < 1.29 is 9.21 Å². The molecule has 1 fully saturated rings. The highest BCUT2D eigenvalue weighted by molar-refractivity contribution is 14.1. The van der Waals surface area contributed by atoms with Crippen LogP contribution in [-0.2, 0) is 0 Å². The van der Waals surface area contributed by atoms with Gasteiger partial charge in [-0.25, -0.2) is 0 Å². The molecule has 1 amide bonds. The Bertz CT molecular complexity index is 621. The summed E-state index contributed by atoms with van der Waals surface area (Å²) in [6.45, 7) is 2.69. The summed E-state index contributed by atoms with van der Waals surface area (Å²) in [4.78, 5) is 14.7. The fourth-order valence-electron chi connectivity index (χ4n) is 2.86. The molecule has 1 N–H and O–H groups in total. The van der Waals surface area contributed by atoms with Crippen molar-refractivity contribution in [1.29, 1.82) is 0 Å². The van der Waals surface area contributed by atoms with Crippen molar-refractivity contribution in [3.63, 3.8) is 0 Å². The Morgan fingerprint density at radius 2 is 2.09 bits per heavy atom. The van der Waals surface area contributed by atoms with Gasteiger partial charge in [0.1, 0.15) is 5.76 Å². The van der Waals surface area contributed by atoms with Gasteiger partial charge in [-0.15, -0.1) is 0 Å². The summed E-state index contributed by atoms with van der Waals surface area (Å²) in [6.07, 6.45) is 4.11. The van der Waals surface area contributed by atoms with E-state index in [0.29, 0.717) is 12.1 Å². The highest BCUT2D eigenvalue weighted by atomic mass is 127. The average molecular weight is 410 g/mol. The molecule has 1 aliphatic heterocycles. The number of carbonyl (C=O) groups excluding carboxylic acids is 1. The first-order valence-electron chi connectivity index (χ1n) is 7.55. The van der Waals surface area contributed by atoms with Gasteiger partial charge in [-0.1, -0.05) is 6.07 Å². The second kappa shape index (κ2) is 7.28. The number of likely N-dealkylation sites (tertiary alicyclic amines) is 1. The monoisotopic (exact) mass is 410 g/mol. The standard InChI is InChI=1S/C17H19IN2O2/c18-14-6-3-5-13(11-14)17(21)19-12-15(16-7-4-10-22-16)20-8-1-2-9-20/h3-7,10-11,15H,1-2,8-9,12H2,(H,19,21). The van der Waals surface area contributed by atoms with Crippen LogP contribution >= 0.6 is 22.6 Å². The van der Waals surface area contributed by atoms with E-state index in [2.05, 4.69) is 32.8 Å². The summed E-state index contributed by atoms with van der Waals surface area (Å²) in [7, 11) is 0. The zero-order valence-electron chi connectivity index (χ0n) is 12.3. The molecule has 1 saturated heterocycles. The number of amides is 1. The summed E-state index contributed by atoms with van der Waals surface area (Å²) in [5, 5.41) is 3.05. The minimum atomic E-state index is -0.0331. The molecule has 2 aromatic rings. The zero-order valence-corrected chi connectivity index (χ0v) is 14.5. The lowest BCUT2D eigenvalue weighted by atomic mass is 10.1. The number of nitrogens with one attached hydrogen (secondary N) is 1. The van der Waals surface area contributed by atoms with E-state index in [-0.39, 0.29) is 11.9 Å². The van der Waals surface area contributed by atoms with Crippen LogP contribution in [-0.4, -0.2) is 30.4 Å². The first-order valence-corrected chi connectivity index (χ1v) is 8.63. The summed E-state index contributed by atoms with van der Waals surface area (Å²) >= 11 is 2.22. The van der Waals surface area contributed by atoms with Crippen molar-refractivity contribution in [2.24, 2.45) is 0 Å². The van der Waals surface area contributed by atoms with Crippen LogP contribution in [0.4, 0.5) is 0 Å². The fraction of sp³-hybridized carbons (Fsp3) is 0.353. The number of halogens is 1. The van der Waals surface area contributed by atoms with E-state index in [0.717, 1.165) is 22.4 Å². The second-order valence-electron chi connectivity index (χ2n) is 5.49. The minimum Gasteiger partial charge on any atom is -0.468 e. The lowest BCUT2D eigenvalue weighted by molar-refractivity contribution is 0.0933. The number of hydrogen-bond acceptors (Lipinski definition) is 3. The predicted octanol–water partition coefficient (Wildman–Crippen LogP) is 3.45. The Morgan fingerprint density at radius 1 is 1.27 bits per heavy atom. The van der Waals surface area contributed by atoms with E-state index >= 15 is 0 Å². The maximum atomic E-state index is 12.3. The highest BCUT2D eigenvalue weighted by Gasteiger charge is 2.26. The molecule has 0 radical (unpaired) electrons. The molecule has 0 bridgehead atoms. The molecule has 2 heterocycles. The molecule has 116 valence electrons. The van der Waals surface area contributed by atoms with Crippen molar-refractivity contribution in [2.75, 3.05) is 19.6 Å². The van der Waals surface area contributed by atoms with Gasteiger partial charge in [0.15, 0.2) is 0 Å². The normalized spacial score (nSPS) is 16.6.